The number of methoxy groups -OCH3 is 2. The standard InChI is InChI=1S/C17H13ClN2O4S/c1-23-15(21)12-9-13(10-3-5-11(18)6-4-10)20(14(12)16(22)24-2)17-19-7-8-25-17/h3-9H,1-2H3. The van der Waals surface area contributed by atoms with Gasteiger partial charge in [0.1, 0.15) is 5.69 Å². The van der Waals surface area contributed by atoms with E-state index in [1.54, 1.807) is 46.5 Å². The summed E-state index contributed by atoms with van der Waals surface area (Å²) >= 11 is 7.28. The molecule has 0 spiro atoms. The molecule has 0 aliphatic heterocycles. The van der Waals surface area contributed by atoms with Crippen LogP contribution in [-0.2, 0) is 9.47 Å². The molecule has 0 atom stereocenters. The highest BCUT2D eigenvalue weighted by molar-refractivity contribution is 7.12. The zero-order valence-corrected chi connectivity index (χ0v) is 14.9. The van der Waals surface area contributed by atoms with E-state index in [4.69, 9.17) is 21.1 Å². The van der Waals surface area contributed by atoms with Crippen molar-refractivity contribution in [3.05, 3.63) is 58.2 Å². The number of hydrogen-bond donors (Lipinski definition) is 0. The first-order valence-corrected chi connectivity index (χ1v) is 8.40. The third kappa shape index (κ3) is 3.16. The lowest BCUT2D eigenvalue weighted by atomic mass is 10.1. The van der Waals surface area contributed by atoms with E-state index >= 15 is 0 Å². The van der Waals surface area contributed by atoms with E-state index in [-0.39, 0.29) is 11.3 Å². The van der Waals surface area contributed by atoms with E-state index in [1.807, 2.05) is 0 Å². The quantitative estimate of drug-likeness (QED) is 0.647. The molecule has 3 aromatic rings. The van der Waals surface area contributed by atoms with Gasteiger partial charge in [-0.2, -0.15) is 0 Å². The van der Waals surface area contributed by atoms with Crippen LogP contribution in [-0.4, -0.2) is 35.7 Å². The Morgan fingerprint density at radius 1 is 1.12 bits per heavy atom. The first-order valence-electron chi connectivity index (χ1n) is 7.15. The number of ether oxygens (including phenoxy) is 2. The Morgan fingerprint density at radius 3 is 2.36 bits per heavy atom. The lowest BCUT2D eigenvalue weighted by Gasteiger charge is -2.10. The number of esters is 2. The predicted molar refractivity (Wildman–Crippen MR) is 94.6 cm³/mol. The number of thiazole rings is 1. The summed E-state index contributed by atoms with van der Waals surface area (Å²) in [4.78, 5) is 28.8. The first-order chi connectivity index (χ1) is 12.1. The molecule has 0 N–H and O–H groups in total. The maximum absolute atomic E-state index is 12.4. The normalized spacial score (nSPS) is 10.5. The molecule has 0 aliphatic carbocycles. The van der Waals surface area contributed by atoms with Crippen molar-refractivity contribution in [2.24, 2.45) is 0 Å². The van der Waals surface area contributed by atoms with Gasteiger partial charge < -0.3 is 9.47 Å². The number of carbonyl (C=O) groups excluding carboxylic acids is 2. The SMILES string of the molecule is COC(=O)c1cc(-c2ccc(Cl)cc2)n(-c2nccs2)c1C(=O)OC. The number of benzene rings is 1. The second-order valence-electron chi connectivity index (χ2n) is 4.93. The van der Waals surface area contributed by atoms with Crippen molar-refractivity contribution in [3.63, 3.8) is 0 Å². The summed E-state index contributed by atoms with van der Waals surface area (Å²) in [5.74, 6) is -1.29. The number of rotatable bonds is 4. The Kier molecular flexibility index (Phi) is 4.87. The largest absolute Gasteiger partial charge is 0.465 e. The summed E-state index contributed by atoms with van der Waals surface area (Å²) < 4.78 is 11.3. The molecule has 0 saturated heterocycles. The Labute approximate surface area is 152 Å². The van der Waals surface area contributed by atoms with Crippen LogP contribution in [0.5, 0.6) is 0 Å². The van der Waals surface area contributed by atoms with Crippen molar-refractivity contribution in [2.45, 2.75) is 0 Å². The van der Waals surface area contributed by atoms with Gasteiger partial charge >= 0.3 is 11.9 Å². The maximum atomic E-state index is 12.4. The van der Waals surface area contributed by atoms with Crippen molar-refractivity contribution in [1.29, 1.82) is 0 Å². The molecule has 0 unspecified atom stereocenters. The minimum Gasteiger partial charge on any atom is -0.465 e. The average molecular weight is 377 g/mol. The number of carbonyl (C=O) groups is 2. The van der Waals surface area contributed by atoms with Gasteiger partial charge in [-0.15, -0.1) is 11.3 Å². The molecule has 2 heterocycles. The van der Waals surface area contributed by atoms with E-state index in [1.165, 1.54) is 25.6 Å². The molecular weight excluding hydrogens is 364 g/mol. The number of aromatic nitrogens is 2. The van der Waals surface area contributed by atoms with E-state index in [2.05, 4.69) is 4.98 Å². The van der Waals surface area contributed by atoms with Gasteiger partial charge in [-0.25, -0.2) is 14.6 Å². The van der Waals surface area contributed by atoms with E-state index < -0.39 is 11.9 Å². The second-order valence-corrected chi connectivity index (χ2v) is 6.24. The van der Waals surface area contributed by atoms with Gasteiger partial charge in [-0.1, -0.05) is 23.7 Å². The Morgan fingerprint density at radius 2 is 1.80 bits per heavy atom. The summed E-state index contributed by atoms with van der Waals surface area (Å²) in [5.41, 5.74) is 1.54. The molecule has 0 radical (unpaired) electrons. The lowest BCUT2D eigenvalue weighted by molar-refractivity contribution is 0.0549. The van der Waals surface area contributed by atoms with E-state index in [0.29, 0.717) is 15.8 Å². The molecule has 8 heteroatoms. The van der Waals surface area contributed by atoms with Crippen LogP contribution >= 0.6 is 22.9 Å². The highest BCUT2D eigenvalue weighted by Crippen LogP contribution is 2.32. The monoisotopic (exact) mass is 376 g/mol. The number of nitrogens with zero attached hydrogens (tertiary/aromatic N) is 2. The van der Waals surface area contributed by atoms with Gasteiger partial charge in [0, 0.05) is 16.6 Å². The minimum atomic E-state index is -0.657. The van der Waals surface area contributed by atoms with E-state index in [9.17, 15) is 9.59 Å². The van der Waals surface area contributed by atoms with Crippen LogP contribution in [0, 0.1) is 0 Å². The Balaban J connectivity index is 2.34. The molecule has 2 aromatic heterocycles. The van der Waals surface area contributed by atoms with Gasteiger partial charge in [-0.05, 0) is 23.8 Å². The number of halogens is 1. The summed E-state index contributed by atoms with van der Waals surface area (Å²) in [5, 5.41) is 2.89. The smallest absolute Gasteiger partial charge is 0.356 e. The Bertz CT molecular complexity index is 917. The summed E-state index contributed by atoms with van der Waals surface area (Å²) in [6.07, 6.45) is 1.62. The van der Waals surface area contributed by atoms with Gasteiger partial charge in [0.2, 0.25) is 0 Å². The third-order valence-electron chi connectivity index (χ3n) is 3.54. The maximum Gasteiger partial charge on any atom is 0.356 e. The molecule has 3 rings (SSSR count). The van der Waals surface area contributed by atoms with Crippen LogP contribution in [0.15, 0.2) is 41.9 Å². The summed E-state index contributed by atoms with van der Waals surface area (Å²) in [6, 6.07) is 8.63. The second kappa shape index (κ2) is 7.08. The van der Waals surface area contributed by atoms with Crippen LogP contribution in [0.4, 0.5) is 0 Å². The molecule has 0 bridgehead atoms. The average Bonchev–Trinajstić information content (AvgIpc) is 3.28. The van der Waals surface area contributed by atoms with E-state index in [0.717, 1.165) is 5.56 Å². The predicted octanol–water partition coefficient (Wildman–Crippen LogP) is 3.83. The molecule has 25 heavy (non-hydrogen) atoms. The highest BCUT2D eigenvalue weighted by Gasteiger charge is 2.29. The molecule has 128 valence electrons. The van der Waals surface area contributed by atoms with Crippen LogP contribution in [0.3, 0.4) is 0 Å². The van der Waals surface area contributed by atoms with Crippen LogP contribution in [0.2, 0.25) is 5.02 Å². The molecule has 6 nitrogen and oxygen atoms in total. The van der Waals surface area contributed by atoms with Gasteiger partial charge in [0.15, 0.2) is 5.13 Å². The zero-order valence-electron chi connectivity index (χ0n) is 13.4. The van der Waals surface area contributed by atoms with Crippen molar-refractivity contribution in [3.8, 4) is 16.4 Å². The van der Waals surface area contributed by atoms with Crippen LogP contribution in [0.1, 0.15) is 20.8 Å². The fourth-order valence-corrected chi connectivity index (χ4v) is 3.22. The minimum absolute atomic E-state index is 0.0641. The molecular formula is C17H13ClN2O4S. The molecule has 0 aliphatic rings. The topological polar surface area (TPSA) is 70.4 Å². The number of hydrogen-bond acceptors (Lipinski definition) is 6. The van der Waals surface area contributed by atoms with Crippen molar-refractivity contribution in [1.82, 2.24) is 9.55 Å². The molecule has 1 aromatic carbocycles. The van der Waals surface area contributed by atoms with Gasteiger partial charge in [0.05, 0.1) is 25.5 Å². The van der Waals surface area contributed by atoms with Crippen molar-refractivity contribution < 1.29 is 19.1 Å². The first kappa shape index (κ1) is 17.2. The lowest BCUT2D eigenvalue weighted by Crippen LogP contribution is -2.15. The molecule has 0 amide bonds. The van der Waals surface area contributed by atoms with Gasteiger partial charge in [-0.3, -0.25) is 4.57 Å². The summed E-state index contributed by atoms with van der Waals surface area (Å²) in [6.45, 7) is 0. The fourth-order valence-electron chi connectivity index (χ4n) is 2.43. The molecule has 0 saturated carbocycles. The van der Waals surface area contributed by atoms with Crippen molar-refractivity contribution >= 4 is 34.9 Å². The highest BCUT2D eigenvalue weighted by atomic mass is 35.5. The fraction of sp³-hybridized carbons (Fsp3) is 0.118. The molecule has 0 fully saturated rings. The van der Waals surface area contributed by atoms with Gasteiger partial charge in [0.25, 0.3) is 0 Å². The van der Waals surface area contributed by atoms with Crippen molar-refractivity contribution in [2.75, 3.05) is 14.2 Å². The zero-order chi connectivity index (χ0) is 18.0. The summed E-state index contributed by atoms with van der Waals surface area (Å²) in [7, 11) is 2.51. The van der Waals surface area contributed by atoms with Crippen LogP contribution in [0.25, 0.3) is 16.4 Å². The Hall–Kier alpha value is -2.64. The third-order valence-corrected chi connectivity index (χ3v) is 4.54. The van der Waals surface area contributed by atoms with Crippen LogP contribution < -0.4 is 0 Å².